The molecule has 4 heteroatoms. The minimum Gasteiger partial charge on any atom is -0.374 e. The Hall–Kier alpha value is -1.58. The standard InChI is InChI=1S/C14H19FN2O/c1-10-5-6-12(9-13(10)15)16-11(2)14(18)17-7-3-4-8-17/h5-6,9,11,16H,3-4,7-8H2,1-2H3. The summed E-state index contributed by atoms with van der Waals surface area (Å²) in [6.45, 7) is 5.22. The average molecular weight is 250 g/mol. The molecule has 1 fully saturated rings. The van der Waals surface area contributed by atoms with E-state index in [1.165, 1.54) is 6.07 Å². The summed E-state index contributed by atoms with van der Waals surface area (Å²) < 4.78 is 13.4. The first-order valence-electron chi connectivity index (χ1n) is 6.39. The molecule has 1 aliphatic heterocycles. The van der Waals surface area contributed by atoms with Crippen LogP contribution in [0.5, 0.6) is 0 Å². The summed E-state index contributed by atoms with van der Waals surface area (Å²) in [5.74, 6) is -0.158. The smallest absolute Gasteiger partial charge is 0.244 e. The normalized spacial score (nSPS) is 16.7. The van der Waals surface area contributed by atoms with Gasteiger partial charge in [0.2, 0.25) is 5.91 Å². The number of carbonyl (C=O) groups is 1. The first-order chi connectivity index (χ1) is 8.58. The molecule has 98 valence electrons. The highest BCUT2D eigenvalue weighted by molar-refractivity contribution is 5.84. The predicted molar refractivity (Wildman–Crippen MR) is 70.0 cm³/mol. The SMILES string of the molecule is Cc1ccc(NC(C)C(=O)N2CCCC2)cc1F. The molecule has 1 heterocycles. The fourth-order valence-electron chi connectivity index (χ4n) is 2.21. The molecule has 0 aliphatic carbocycles. The van der Waals surface area contributed by atoms with Gasteiger partial charge in [-0.3, -0.25) is 4.79 Å². The van der Waals surface area contributed by atoms with Crippen LogP contribution >= 0.6 is 0 Å². The molecule has 1 saturated heterocycles. The lowest BCUT2D eigenvalue weighted by molar-refractivity contribution is -0.130. The van der Waals surface area contributed by atoms with E-state index in [1.54, 1.807) is 19.1 Å². The molecule has 18 heavy (non-hydrogen) atoms. The van der Waals surface area contributed by atoms with E-state index in [9.17, 15) is 9.18 Å². The fraction of sp³-hybridized carbons (Fsp3) is 0.500. The van der Waals surface area contributed by atoms with Crippen molar-refractivity contribution in [1.29, 1.82) is 0 Å². The molecule has 0 saturated carbocycles. The molecular formula is C14H19FN2O. The Morgan fingerprint density at radius 3 is 2.67 bits per heavy atom. The van der Waals surface area contributed by atoms with Crippen molar-refractivity contribution >= 4 is 11.6 Å². The summed E-state index contributed by atoms with van der Waals surface area (Å²) in [5, 5.41) is 3.06. The van der Waals surface area contributed by atoms with Crippen LogP contribution in [0.2, 0.25) is 0 Å². The van der Waals surface area contributed by atoms with Crippen LogP contribution in [0.4, 0.5) is 10.1 Å². The second-order valence-electron chi connectivity index (χ2n) is 4.86. The Balaban J connectivity index is 1.99. The molecule has 0 radical (unpaired) electrons. The van der Waals surface area contributed by atoms with Crippen LogP contribution in [0.1, 0.15) is 25.3 Å². The monoisotopic (exact) mass is 250 g/mol. The quantitative estimate of drug-likeness (QED) is 0.894. The van der Waals surface area contributed by atoms with Crippen LogP contribution in [-0.4, -0.2) is 29.9 Å². The van der Waals surface area contributed by atoms with Gasteiger partial charge in [0.1, 0.15) is 11.9 Å². The molecule has 2 rings (SSSR count). The van der Waals surface area contributed by atoms with Gasteiger partial charge in [0.05, 0.1) is 0 Å². The number of halogens is 1. The van der Waals surface area contributed by atoms with Crippen molar-refractivity contribution in [3.63, 3.8) is 0 Å². The number of aryl methyl sites for hydroxylation is 1. The second kappa shape index (κ2) is 5.38. The Bertz CT molecular complexity index is 441. The van der Waals surface area contributed by atoms with Crippen LogP contribution in [0, 0.1) is 12.7 Å². The van der Waals surface area contributed by atoms with E-state index in [0.29, 0.717) is 11.3 Å². The van der Waals surface area contributed by atoms with E-state index in [1.807, 2.05) is 11.8 Å². The van der Waals surface area contributed by atoms with E-state index in [-0.39, 0.29) is 17.8 Å². The molecule has 0 spiro atoms. The predicted octanol–water partition coefficient (Wildman–Crippen LogP) is 2.56. The second-order valence-corrected chi connectivity index (χ2v) is 4.86. The Morgan fingerprint density at radius 2 is 2.06 bits per heavy atom. The van der Waals surface area contributed by atoms with Crippen molar-refractivity contribution in [1.82, 2.24) is 4.90 Å². The van der Waals surface area contributed by atoms with Gasteiger partial charge < -0.3 is 10.2 Å². The zero-order valence-electron chi connectivity index (χ0n) is 10.9. The largest absolute Gasteiger partial charge is 0.374 e. The van der Waals surface area contributed by atoms with E-state index >= 15 is 0 Å². The maximum absolute atomic E-state index is 13.4. The van der Waals surface area contributed by atoms with Gasteiger partial charge in [-0.15, -0.1) is 0 Å². The van der Waals surface area contributed by atoms with Crippen molar-refractivity contribution in [2.75, 3.05) is 18.4 Å². The molecule has 1 aromatic carbocycles. The van der Waals surface area contributed by atoms with E-state index < -0.39 is 0 Å². The Labute approximate surface area is 107 Å². The number of carbonyl (C=O) groups excluding carboxylic acids is 1. The van der Waals surface area contributed by atoms with Gasteiger partial charge in [0.25, 0.3) is 0 Å². The molecule has 1 N–H and O–H groups in total. The van der Waals surface area contributed by atoms with Crippen LogP contribution < -0.4 is 5.32 Å². The van der Waals surface area contributed by atoms with Gasteiger partial charge >= 0.3 is 0 Å². The number of nitrogens with one attached hydrogen (secondary N) is 1. The van der Waals surface area contributed by atoms with Gasteiger partial charge in [0, 0.05) is 18.8 Å². The molecular weight excluding hydrogens is 231 g/mol. The van der Waals surface area contributed by atoms with Gasteiger partial charge in [-0.1, -0.05) is 6.07 Å². The fourth-order valence-corrected chi connectivity index (χ4v) is 2.21. The third-order valence-corrected chi connectivity index (χ3v) is 3.34. The van der Waals surface area contributed by atoms with Gasteiger partial charge in [-0.25, -0.2) is 4.39 Å². The van der Waals surface area contributed by atoms with E-state index in [2.05, 4.69) is 5.32 Å². The number of likely N-dealkylation sites (tertiary alicyclic amines) is 1. The highest BCUT2D eigenvalue weighted by Gasteiger charge is 2.23. The number of hydrogen-bond donors (Lipinski definition) is 1. The number of amides is 1. The summed E-state index contributed by atoms with van der Waals surface area (Å²) in [7, 11) is 0. The minimum absolute atomic E-state index is 0.0912. The maximum Gasteiger partial charge on any atom is 0.244 e. The Kier molecular flexibility index (Phi) is 3.84. The molecule has 0 aromatic heterocycles. The zero-order chi connectivity index (χ0) is 13.1. The highest BCUT2D eigenvalue weighted by atomic mass is 19.1. The number of nitrogens with zero attached hydrogens (tertiary/aromatic N) is 1. The Morgan fingerprint density at radius 1 is 1.39 bits per heavy atom. The van der Waals surface area contributed by atoms with Crippen molar-refractivity contribution in [2.24, 2.45) is 0 Å². The lowest BCUT2D eigenvalue weighted by Gasteiger charge is -2.22. The molecule has 3 nitrogen and oxygen atoms in total. The summed E-state index contributed by atoms with van der Waals surface area (Å²) in [6, 6.07) is 4.63. The van der Waals surface area contributed by atoms with Crippen molar-refractivity contribution < 1.29 is 9.18 Å². The summed E-state index contributed by atoms with van der Waals surface area (Å²) in [4.78, 5) is 13.9. The third kappa shape index (κ3) is 2.81. The van der Waals surface area contributed by atoms with Crippen molar-refractivity contribution in [3.8, 4) is 0 Å². The lowest BCUT2D eigenvalue weighted by Crippen LogP contribution is -2.39. The van der Waals surface area contributed by atoms with Crippen LogP contribution in [0.25, 0.3) is 0 Å². The van der Waals surface area contributed by atoms with E-state index in [0.717, 1.165) is 25.9 Å². The van der Waals surface area contributed by atoms with Gasteiger partial charge in [-0.2, -0.15) is 0 Å². The zero-order valence-corrected chi connectivity index (χ0v) is 10.9. The van der Waals surface area contributed by atoms with Crippen LogP contribution in [0.15, 0.2) is 18.2 Å². The minimum atomic E-state index is -0.315. The van der Waals surface area contributed by atoms with Gasteiger partial charge in [0.15, 0.2) is 0 Å². The first-order valence-corrected chi connectivity index (χ1v) is 6.39. The van der Waals surface area contributed by atoms with Crippen molar-refractivity contribution in [2.45, 2.75) is 32.7 Å². The molecule has 1 amide bonds. The average Bonchev–Trinajstić information content (AvgIpc) is 2.86. The molecule has 1 aromatic rings. The van der Waals surface area contributed by atoms with Gasteiger partial charge in [-0.05, 0) is 44.4 Å². The molecule has 1 aliphatic rings. The number of benzene rings is 1. The molecule has 0 bridgehead atoms. The first kappa shape index (κ1) is 12.9. The third-order valence-electron chi connectivity index (χ3n) is 3.34. The summed E-state index contributed by atoms with van der Waals surface area (Å²) in [6.07, 6.45) is 2.16. The summed E-state index contributed by atoms with van der Waals surface area (Å²) >= 11 is 0. The van der Waals surface area contributed by atoms with Crippen LogP contribution in [-0.2, 0) is 4.79 Å². The topological polar surface area (TPSA) is 32.3 Å². The highest BCUT2D eigenvalue weighted by Crippen LogP contribution is 2.16. The number of rotatable bonds is 3. The molecule has 1 atom stereocenters. The summed E-state index contributed by atoms with van der Waals surface area (Å²) in [5.41, 5.74) is 1.26. The van der Waals surface area contributed by atoms with Crippen molar-refractivity contribution in [3.05, 3.63) is 29.6 Å². The van der Waals surface area contributed by atoms with E-state index in [4.69, 9.17) is 0 Å². The van der Waals surface area contributed by atoms with Crippen LogP contribution in [0.3, 0.4) is 0 Å². The lowest BCUT2D eigenvalue weighted by atomic mass is 10.2. The molecule has 1 unspecified atom stereocenters. The maximum atomic E-state index is 13.4. The number of anilines is 1. The number of hydrogen-bond acceptors (Lipinski definition) is 2.